The zero-order valence-corrected chi connectivity index (χ0v) is 11.8. The van der Waals surface area contributed by atoms with Crippen molar-refractivity contribution in [3.63, 3.8) is 0 Å². The predicted molar refractivity (Wildman–Crippen MR) is 71.9 cm³/mol. The molecular formula is C13H22N4O2. The molecule has 2 heterocycles. The minimum absolute atomic E-state index is 0.0217. The number of hydrogen-bond acceptors (Lipinski definition) is 3. The Kier molecular flexibility index (Phi) is 4.42. The fourth-order valence-electron chi connectivity index (χ4n) is 2.15. The maximum Gasteiger partial charge on any atom is 0.317 e. The Morgan fingerprint density at radius 1 is 1.58 bits per heavy atom. The number of nitrogens with zero attached hydrogens (tertiary/aromatic N) is 3. The first kappa shape index (κ1) is 13.9. The maximum atomic E-state index is 12.1. The largest absolute Gasteiger partial charge is 0.375 e. The van der Waals surface area contributed by atoms with Gasteiger partial charge < -0.3 is 15.0 Å². The highest BCUT2D eigenvalue weighted by atomic mass is 16.5. The van der Waals surface area contributed by atoms with E-state index in [4.69, 9.17) is 4.74 Å². The van der Waals surface area contributed by atoms with Crippen LogP contribution in [0.5, 0.6) is 0 Å². The van der Waals surface area contributed by atoms with E-state index in [9.17, 15) is 4.79 Å². The second-order valence-electron chi connectivity index (χ2n) is 5.16. The molecule has 2 amide bonds. The molecule has 106 valence electrons. The molecule has 0 aromatic carbocycles. The van der Waals surface area contributed by atoms with E-state index < -0.39 is 0 Å². The summed E-state index contributed by atoms with van der Waals surface area (Å²) in [6.45, 7) is 8.51. The molecule has 1 fully saturated rings. The van der Waals surface area contributed by atoms with E-state index in [1.54, 1.807) is 0 Å². The van der Waals surface area contributed by atoms with Crippen molar-refractivity contribution in [3.8, 4) is 0 Å². The minimum Gasteiger partial charge on any atom is -0.375 e. The molecule has 2 atom stereocenters. The summed E-state index contributed by atoms with van der Waals surface area (Å²) in [5.41, 5.74) is 1.13. The Bertz CT molecular complexity index is 432. The van der Waals surface area contributed by atoms with E-state index in [0.29, 0.717) is 26.2 Å². The van der Waals surface area contributed by atoms with Gasteiger partial charge in [0.1, 0.15) is 0 Å². The van der Waals surface area contributed by atoms with Crippen molar-refractivity contribution in [3.05, 3.63) is 18.0 Å². The fourth-order valence-corrected chi connectivity index (χ4v) is 2.15. The molecule has 1 aromatic rings. The molecule has 1 aliphatic rings. The molecule has 6 heteroatoms. The summed E-state index contributed by atoms with van der Waals surface area (Å²) >= 11 is 0. The number of ether oxygens (including phenoxy) is 1. The third-order valence-electron chi connectivity index (χ3n) is 3.25. The summed E-state index contributed by atoms with van der Waals surface area (Å²) in [5, 5.41) is 7.12. The molecule has 2 rings (SSSR count). The third-order valence-corrected chi connectivity index (χ3v) is 3.25. The van der Waals surface area contributed by atoms with E-state index in [0.717, 1.165) is 5.56 Å². The first-order valence-corrected chi connectivity index (χ1v) is 6.71. The van der Waals surface area contributed by atoms with Gasteiger partial charge in [-0.25, -0.2) is 4.79 Å². The first-order valence-electron chi connectivity index (χ1n) is 6.71. The number of hydrogen-bond donors (Lipinski definition) is 1. The minimum atomic E-state index is -0.0217. The molecule has 0 unspecified atom stereocenters. The van der Waals surface area contributed by atoms with Crippen molar-refractivity contribution >= 4 is 6.03 Å². The fraction of sp³-hybridized carbons (Fsp3) is 0.692. The average molecular weight is 266 g/mol. The van der Waals surface area contributed by atoms with Gasteiger partial charge in [0, 0.05) is 19.3 Å². The normalized spacial score (nSPS) is 23.4. The highest BCUT2D eigenvalue weighted by molar-refractivity contribution is 5.74. The monoisotopic (exact) mass is 266 g/mol. The zero-order valence-electron chi connectivity index (χ0n) is 11.8. The molecule has 1 saturated heterocycles. The maximum absolute atomic E-state index is 12.1. The van der Waals surface area contributed by atoms with Crippen LogP contribution in [-0.2, 0) is 11.3 Å². The summed E-state index contributed by atoms with van der Waals surface area (Å²) in [7, 11) is 0. The van der Waals surface area contributed by atoms with Gasteiger partial charge >= 0.3 is 6.03 Å². The average Bonchev–Trinajstić information content (AvgIpc) is 2.78. The lowest BCUT2D eigenvalue weighted by atomic mass is 10.2. The zero-order chi connectivity index (χ0) is 13.8. The molecule has 0 bridgehead atoms. The number of aryl methyl sites for hydroxylation is 1. The lowest BCUT2D eigenvalue weighted by Crippen LogP contribution is -2.53. The van der Waals surface area contributed by atoms with Crippen LogP contribution in [0.3, 0.4) is 0 Å². The van der Waals surface area contributed by atoms with Crippen LogP contribution in [-0.4, -0.2) is 52.6 Å². The Morgan fingerprint density at radius 2 is 2.37 bits per heavy atom. The Labute approximate surface area is 113 Å². The van der Waals surface area contributed by atoms with Crippen LogP contribution in [0.15, 0.2) is 12.4 Å². The SMILES string of the molecule is Cc1cnn(CCNC(=O)N2C[C@@H](C)OC[C@H]2C)c1. The number of morpholine rings is 1. The second kappa shape index (κ2) is 6.06. The molecule has 0 saturated carbocycles. The van der Waals surface area contributed by atoms with Crippen molar-refractivity contribution in [2.24, 2.45) is 0 Å². The number of rotatable bonds is 3. The van der Waals surface area contributed by atoms with E-state index in [1.807, 2.05) is 42.7 Å². The van der Waals surface area contributed by atoms with Crippen molar-refractivity contribution < 1.29 is 9.53 Å². The Hall–Kier alpha value is -1.56. The van der Waals surface area contributed by atoms with Crippen LogP contribution in [0.1, 0.15) is 19.4 Å². The van der Waals surface area contributed by atoms with Gasteiger partial charge in [0.05, 0.1) is 31.5 Å². The smallest absolute Gasteiger partial charge is 0.317 e. The molecule has 6 nitrogen and oxygen atoms in total. The lowest BCUT2D eigenvalue weighted by Gasteiger charge is -2.36. The molecule has 0 aliphatic carbocycles. The van der Waals surface area contributed by atoms with Gasteiger partial charge in [0.25, 0.3) is 0 Å². The third kappa shape index (κ3) is 3.70. The van der Waals surface area contributed by atoms with Gasteiger partial charge in [-0.3, -0.25) is 4.68 Å². The predicted octanol–water partition coefficient (Wildman–Crippen LogP) is 1.01. The summed E-state index contributed by atoms with van der Waals surface area (Å²) in [4.78, 5) is 13.9. The number of urea groups is 1. The summed E-state index contributed by atoms with van der Waals surface area (Å²) < 4.78 is 7.35. The van der Waals surface area contributed by atoms with Crippen molar-refractivity contribution in [1.82, 2.24) is 20.0 Å². The van der Waals surface area contributed by atoms with Crippen molar-refractivity contribution in [2.75, 3.05) is 19.7 Å². The van der Waals surface area contributed by atoms with E-state index in [-0.39, 0.29) is 18.2 Å². The van der Waals surface area contributed by atoms with Crippen LogP contribution in [0, 0.1) is 6.92 Å². The quantitative estimate of drug-likeness (QED) is 0.888. The number of aromatic nitrogens is 2. The number of carbonyl (C=O) groups is 1. The van der Waals surface area contributed by atoms with Crippen LogP contribution >= 0.6 is 0 Å². The van der Waals surface area contributed by atoms with E-state index in [1.165, 1.54) is 0 Å². The van der Waals surface area contributed by atoms with Gasteiger partial charge in [-0.15, -0.1) is 0 Å². The topological polar surface area (TPSA) is 59.4 Å². The van der Waals surface area contributed by atoms with E-state index >= 15 is 0 Å². The molecule has 1 aliphatic heterocycles. The van der Waals surface area contributed by atoms with Gasteiger partial charge in [-0.2, -0.15) is 5.10 Å². The van der Waals surface area contributed by atoms with Crippen LogP contribution < -0.4 is 5.32 Å². The van der Waals surface area contributed by atoms with Gasteiger partial charge in [-0.05, 0) is 26.3 Å². The lowest BCUT2D eigenvalue weighted by molar-refractivity contribution is -0.0317. The van der Waals surface area contributed by atoms with Crippen molar-refractivity contribution in [2.45, 2.75) is 39.5 Å². The number of nitrogens with one attached hydrogen (secondary N) is 1. The van der Waals surface area contributed by atoms with Crippen molar-refractivity contribution in [1.29, 1.82) is 0 Å². The summed E-state index contributed by atoms with van der Waals surface area (Å²) in [6, 6.07) is 0.106. The van der Waals surface area contributed by atoms with Crippen LogP contribution in [0.4, 0.5) is 4.79 Å². The molecule has 0 radical (unpaired) electrons. The van der Waals surface area contributed by atoms with Gasteiger partial charge in [0.2, 0.25) is 0 Å². The highest BCUT2D eigenvalue weighted by Crippen LogP contribution is 2.11. The summed E-state index contributed by atoms with van der Waals surface area (Å²) in [6.07, 6.45) is 3.88. The Balaban J connectivity index is 1.77. The molecule has 1 aromatic heterocycles. The van der Waals surface area contributed by atoms with Crippen LogP contribution in [0.2, 0.25) is 0 Å². The van der Waals surface area contributed by atoms with Crippen LogP contribution in [0.25, 0.3) is 0 Å². The second-order valence-corrected chi connectivity index (χ2v) is 5.16. The number of amides is 2. The molecule has 19 heavy (non-hydrogen) atoms. The number of carbonyl (C=O) groups excluding carboxylic acids is 1. The summed E-state index contributed by atoms with van der Waals surface area (Å²) in [5.74, 6) is 0. The highest BCUT2D eigenvalue weighted by Gasteiger charge is 2.27. The standard InChI is InChI=1S/C13H22N4O2/c1-10-6-15-16(7-10)5-4-14-13(18)17-8-12(3)19-9-11(17)2/h6-7,11-12H,4-5,8-9H2,1-3H3,(H,14,18)/t11-,12-/m1/s1. The van der Waals surface area contributed by atoms with Gasteiger partial charge in [-0.1, -0.05) is 0 Å². The Morgan fingerprint density at radius 3 is 3.05 bits per heavy atom. The molecular weight excluding hydrogens is 244 g/mol. The first-order chi connectivity index (χ1) is 9.06. The molecule has 1 N–H and O–H groups in total. The van der Waals surface area contributed by atoms with Gasteiger partial charge in [0.15, 0.2) is 0 Å². The van der Waals surface area contributed by atoms with E-state index in [2.05, 4.69) is 10.4 Å². The molecule has 0 spiro atoms.